The van der Waals surface area contributed by atoms with Crippen molar-refractivity contribution < 1.29 is 9.90 Å². The predicted octanol–water partition coefficient (Wildman–Crippen LogP) is 1.56. The largest absolute Gasteiger partial charge is 0.396 e. The van der Waals surface area contributed by atoms with Gasteiger partial charge in [-0.1, -0.05) is 12.0 Å². The van der Waals surface area contributed by atoms with E-state index in [1.54, 1.807) is 0 Å². The average molecular weight is 212 g/mol. The molecule has 0 fully saturated rings. The Morgan fingerprint density at radius 2 is 2.25 bits per heavy atom. The van der Waals surface area contributed by atoms with E-state index in [4.69, 9.17) is 11.5 Å². The Balaban J connectivity index is 2.42. The van der Waals surface area contributed by atoms with Gasteiger partial charge in [0.15, 0.2) is 5.78 Å². The van der Waals surface area contributed by atoms with Gasteiger partial charge in [-0.2, -0.15) is 0 Å². The predicted molar refractivity (Wildman–Crippen MR) is 62.8 cm³/mol. The van der Waals surface area contributed by atoms with Crippen LogP contribution in [0.3, 0.4) is 0 Å². The highest BCUT2D eigenvalue weighted by Gasteiger charge is 2.17. The summed E-state index contributed by atoms with van der Waals surface area (Å²) in [7, 11) is 0. The Hall–Kier alpha value is -1.85. The molecule has 1 aliphatic carbocycles. The van der Waals surface area contributed by atoms with Crippen LogP contribution in [0, 0.1) is 12.3 Å². The van der Waals surface area contributed by atoms with Crippen LogP contribution in [-0.2, 0) is 11.2 Å². The zero-order valence-electron chi connectivity index (χ0n) is 8.86. The van der Waals surface area contributed by atoms with Crippen LogP contribution in [0.5, 0.6) is 0 Å². The van der Waals surface area contributed by atoms with Crippen LogP contribution >= 0.6 is 0 Å². The molecule has 1 aromatic carbocycles. The van der Waals surface area contributed by atoms with Gasteiger partial charge in [0, 0.05) is 18.6 Å². The van der Waals surface area contributed by atoms with E-state index in [-0.39, 0.29) is 12.4 Å². The number of Topliss-reactive ketones (excluding diaryl/α,β-unsaturated/α-hetero) is 1. The molecule has 0 unspecified atom stereocenters. The molecule has 1 aliphatic rings. The summed E-state index contributed by atoms with van der Waals surface area (Å²) in [6, 6.07) is 5.66. The quantitative estimate of drug-likeness (QED) is 0.755. The van der Waals surface area contributed by atoms with Gasteiger partial charge in [-0.25, -0.2) is 0 Å². The third kappa shape index (κ3) is 1.91. The van der Waals surface area contributed by atoms with E-state index in [1.165, 1.54) is 0 Å². The van der Waals surface area contributed by atoms with E-state index in [0.29, 0.717) is 18.4 Å². The monoisotopic (exact) mass is 212 g/mol. The molecule has 0 amide bonds. The number of carbonyl (C=O) groups is 1. The summed E-state index contributed by atoms with van der Waals surface area (Å²) in [5.74, 6) is 2.64. The SMILES string of the molecule is C#Cc1ccc2c(c1)CC(=O)C(CCO)=C2. The number of hydrogen-bond donors (Lipinski definition) is 1. The number of carbonyl (C=O) groups excluding carboxylic acids is 1. The van der Waals surface area contributed by atoms with E-state index in [2.05, 4.69) is 5.92 Å². The second kappa shape index (κ2) is 4.34. The minimum atomic E-state index is 0.00927. The van der Waals surface area contributed by atoms with Gasteiger partial charge in [0.05, 0.1) is 0 Å². The number of terminal acetylenes is 1. The normalized spacial score (nSPS) is 14.0. The van der Waals surface area contributed by atoms with Gasteiger partial charge in [0.2, 0.25) is 0 Å². The van der Waals surface area contributed by atoms with Crippen molar-refractivity contribution in [2.24, 2.45) is 0 Å². The van der Waals surface area contributed by atoms with Crippen LogP contribution in [0.25, 0.3) is 6.08 Å². The highest BCUT2D eigenvalue weighted by Crippen LogP contribution is 2.24. The lowest BCUT2D eigenvalue weighted by molar-refractivity contribution is -0.115. The highest BCUT2D eigenvalue weighted by molar-refractivity contribution is 6.03. The van der Waals surface area contributed by atoms with Gasteiger partial charge in [-0.05, 0) is 41.3 Å². The number of aliphatic hydroxyl groups is 1. The molecule has 0 aromatic heterocycles. The number of ketones is 1. The van der Waals surface area contributed by atoms with Crippen molar-refractivity contribution in [3.63, 3.8) is 0 Å². The first-order valence-electron chi connectivity index (χ1n) is 5.19. The molecule has 0 bridgehead atoms. The Bertz CT molecular complexity index is 504. The van der Waals surface area contributed by atoms with E-state index >= 15 is 0 Å². The fraction of sp³-hybridized carbons (Fsp3) is 0.214. The molecule has 0 spiro atoms. The highest BCUT2D eigenvalue weighted by atomic mass is 16.3. The zero-order valence-corrected chi connectivity index (χ0v) is 8.86. The maximum Gasteiger partial charge on any atom is 0.163 e. The average Bonchev–Trinajstić information content (AvgIpc) is 2.30. The lowest BCUT2D eigenvalue weighted by Gasteiger charge is -2.15. The van der Waals surface area contributed by atoms with Crippen molar-refractivity contribution >= 4 is 11.9 Å². The standard InChI is InChI=1S/C14H12O2/c1-2-10-3-4-11-8-12(5-6-15)14(16)9-13(11)7-10/h1,3-4,7-8,15H,5-6,9H2. The van der Waals surface area contributed by atoms with E-state index in [9.17, 15) is 4.79 Å². The van der Waals surface area contributed by atoms with Gasteiger partial charge >= 0.3 is 0 Å². The first-order chi connectivity index (χ1) is 7.74. The fourth-order valence-corrected chi connectivity index (χ4v) is 1.88. The molecular formula is C14H12O2. The summed E-state index contributed by atoms with van der Waals surface area (Å²) in [5, 5.41) is 8.85. The first-order valence-corrected chi connectivity index (χ1v) is 5.19. The molecule has 0 saturated heterocycles. The Morgan fingerprint density at radius 3 is 2.94 bits per heavy atom. The molecule has 1 N–H and O–H groups in total. The van der Waals surface area contributed by atoms with Crippen molar-refractivity contribution in [2.45, 2.75) is 12.8 Å². The molecule has 16 heavy (non-hydrogen) atoms. The fourth-order valence-electron chi connectivity index (χ4n) is 1.88. The molecule has 2 heteroatoms. The molecule has 1 aromatic rings. The van der Waals surface area contributed by atoms with Gasteiger partial charge in [-0.15, -0.1) is 6.42 Å². The summed E-state index contributed by atoms with van der Waals surface area (Å²) >= 11 is 0. The number of hydrogen-bond acceptors (Lipinski definition) is 2. The lowest BCUT2D eigenvalue weighted by Crippen LogP contribution is -2.13. The van der Waals surface area contributed by atoms with Crippen molar-refractivity contribution in [3.05, 3.63) is 40.5 Å². The Morgan fingerprint density at radius 1 is 1.44 bits per heavy atom. The van der Waals surface area contributed by atoms with E-state index in [1.807, 2.05) is 24.3 Å². The van der Waals surface area contributed by atoms with Gasteiger partial charge in [-0.3, -0.25) is 4.79 Å². The number of rotatable bonds is 2. The minimum Gasteiger partial charge on any atom is -0.396 e. The third-order valence-corrected chi connectivity index (χ3v) is 2.73. The third-order valence-electron chi connectivity index (χ3n) is 2.73. The van der Waals surface area contributed by atoms with Gasteiger partial charge in [0.1, 0.15) is 0 Å². The smallest absolute Gasteiger partial charge is 0.163 e. The van der Waals surface area contributed by atoms with Crippen LogP contribution in [0.2, 0.25) is 0 Å². The summed E-state index contributed by atoms with van der Waals surface area (Å²) < 4.78 is 0. The molecule has 2 nitrogen and oxygen atoms in total. The van der Waals surface area contributed by atoms with Crippen LogP contribution in [0.1, 0.15) is 23.1 Å². The van der Waals surface area contributed by atoms with Crippen LogP contribution in [0.15, 0.2) is 23.8 Å². The lowest BCUT2D eigenvalue weighted by atomic mass is 9.89. The Labute approximate surface area is 94.6 Å². The molecular weight excluding hydrogens is 200 g/mol. The van der Waals surface area contributed by atoms with Crippen molar-refractivity contribution in [1.82, 2.24) is 0 Å². The van der Waals surface area contributed by atoms with E-state index in [0.717, 1.165) is 16.7 Å². The number of fused-ring (bicyclic) bond motifs is 1. The molecule has 0 saturated carbocycles. The number of benzene rings is 1. The zero-order chi connectivity index (χ0) is 11.5. The minimum absolute atomic E-state index is 0.00927. The number of aliphatic hydroxyl groups excluding tert-OH is 1. The van der Waals surface area contributed by atoms with Crippen molar-refractivity contribution in [1.29, 1.82) is 0 Å². The van der Waals surface area contributed by atoms with Crippen molar-refractivity contribution in [2.75, 3.05) is 6.61 Å². The van der Waals surface area contributed by atoms with Gasteiger partial charge in [0.25, 0.3) is 0 Å². The molecule has 0 heterocycles. The maximum absolute atomic E-state index is 11.7. The second-order valence-electron chi connectivity index (χ2n) is 3.80. The maximum atomic E-state index is 11.7. The summed E-state index contributed by atoms with van der Waals surface area (Å²) in [4.78, 5) is 11.7. The summed E-state index contributed by atoms with van der Waals surface area (Å²) in [6.07, 6.45) is 7.97. The molecule has 2 rings (SSSR count). The Kier molecular flexibility index (Phi) is 2.89. The van der Waals surface area contributed by atoms with Crippen LogP contribution in [0.4, 0.5) is 0 Å². The van der Waals surface area contributed by atoms with Crippen LogP contribution < -0.4 is 0 Å². The molecule has 0 atom stereocenters. The first kappa shape index (κ1) is 10.7. The van der Waals surface area contributed by atoms with Gasteiger partial charge < -0.3 is 5.11 Å². The topological polar surface area (TPSA) is 37.3 Å². The van der Waals surface area contributed by atoms with E-state index < -0.39 is 0 Å². The molecule has 0 aliphatic heterocycles. The molecule has 0 radical (unpaired) electrons. The summed E-state index contributed by atoms with van der Waals surface area (Å²) in [5.41, 5.74) is 3.50. The van der Waals surface area contributed by atoms with Crippen LogP contribution in [-0.4, -0.2) is 17.5 Å². The summed E-state index contributed by atoms with van der Waals surface area (Å²) in [6.45, 7) is 0.00927. The second-order valence-corrected chi connectivity index (χ2v) is 3.80. The van der Waals surface area contributed by atoms with Crippen molar-refractivity contribution in [3.8, 4) is 12.3 Å². The molecule has 80 valence electrons.